The summed E-state index contributed by atoms with van der Waals surface area (Å²) >= 11 is 0. The van der Waals surface area contributed by atoms with Gasteiger partial charge in [0.25, 0.3) is 5.91 Å². The van der Waals surface area contributed by atoms with E-state index in [9.17, 15) is 4.79 Å². The molecule has 0 aromatic heterocycles. The summed E-state index contributed by atoms with van der Waals surface area (Å²) in [4.78, 5) is 11.6. The Bertz CT molecular complexity index is 677. The van der Waals surface area contributed by atoms with Gasteiger partial charge in [-0.25, -0.2) is 5.43 Å². The monoisotopic (exact) mass is 254 g/mol. The molecule has 1 amide bonds. The molecule has 0 aliphatic carbocycles. The fourth-order valence-electron chi connectivity index (χ4n) is 2.28. The Hall–Kier alpha value is -2.33. The first-order chi connectivity index (χ1) is 9.29. The van der Waals surface area contributed by atoms with Crippen molar-refractivity contribution in [2.24, 2.45) is 0 Å². The van der Waals surface area contributed by atoms with Gasteiger partial charge in [-0.2, -0.15) is 0 Å². The van der Waals surface area contributed by atoms with Crippen LogP contribution < -0.4 is 15.6 Å². The van der Waals surface area contributed by atoms with E-state index in [0.717, 1.165) is 27.7 Å². The highest BCUT2D eigenvalue weighted by atomic mass is 16.5. The van der Waals surface area contributed by atoms with E-state index in [0.29, 0.717) is 6.54 Å². The van der Waals surface area contributed by atoms with Gasteiger partial charge >= 0.3 is 0 Å². The van der Waals surface area contributed by atoms with Gasteiger partial charge in [0.05, 0.1) is 7.11 Å². The quantitative estimate of drug-likeness (QED) is 0.804. The smallest absolute Gasteiger partial charge is 0.262 e. The lowest BCUT2D eigenvalue weighted by Gasteiger charge is -2.08. The SMILES string of the molecule is COc1ccc(/C=C2\CNNC2=O)c2ccccc12. The molecule has 19 heavy (non-hydrogen) atoms. The van der Waals surface area contributed by atoms with Crippen LogP contribution in [0.1, 0.15) is 5.56 Å². The normalized spacial score (nSPS) is 16.9. The third kappa shape index (κ3) is 2.06. The van der Waals surface area contributed by atoms with Crippen LogP contribution in [0.25, 0.3) is 16.8 Å². The second kappa shape index (κ2) is 4.74. The van der Waals surface area contributed by atoms with Gasteiger partial charge in [-0.05, 0) is 23.1 Å². The van der Waals surface area contributed by atoms with Crippen molar-refractivity contribution in [3.8, 4) is 5.75 Å². The summed E-state index contributed by atoms with van der Waals surface area (Å²) in [6, 6.07) is 11.9. The van der Waals surface area contributed by atoms with Gasteiger partial charge in [0.1, 0.15) is 5.75 Å². The average Bonchev–Trinajstić information content (AvgIpc) is 2.85. The van der Waals surface area contributed by atoms with Gasteiger partial charge in [-0.15, -0.1) is 0 Å². The van der Waals surface area contributed by atoms with E-state index in [1.807, 2.05) is 42.5 Å². The first kappa shape index (κ1) is 11.7. The standard InChI is InChI=1S/C15H14N2O2/c1-19-14-7-6-10(8-11-9-16-17-15(11)18)12-4-2-3-5-13(12)14/h2-8,16H,9H2,1H3,(H,17,18)/b11-8+. The number of hydrogen-bond acceptors (Lipinski definition) is 3. The average molecular weight is 254 g/mol. The second-order valence-corrected chi connectivity index (χ2v) is 4.38. The number of carbonyl (C=O) groups is 1. The van der Waals surface area contributed by atoms with Crippen molar-refractivity contribution < 1.29 is 9.53 Å². The van der Waals surface area contributed by atoms with Crippen LogP contribution in [0.2, 0.25) is 0 Å². The Morgan fingerprint density at radius 3 is 2.63 bits per heavy atom. The summed E-state index contributed by atoms with van der Waals surface area (Å²) in [6.45, 7) is 0.541. The highest BCUT2D eigenvalue weighted by molar-refractivity contribution is 6.03. The number of carbonyl (C=O) groups excluding carboxylic acids is 1. The molecule has 1 saturated heterocycles. The van der Waals surface area contributed by atoms with E-state index in [1.165, 1.54) is 0 Å². The number of nitrogens with one attached hydrogen (secondary N) is 2. The number of benzene rings is 2. The molecule has 0 saturated carbocycles. The fourth-order valence-corrected chi connectivity index (χ4v) is 2.28. The number of fused-ring (bicyclic) bond motifs is 1. The van der Waals surface area contributed by atoms with Gasteiger partial charge in [0.15, 0.2) is 0 Å². The minimum Gasteiger partial charge on any atom is -0.496 e. The topological polar surface area (TPSA) is 50.4 Å². The van der Waals surface area contributed by atoms with Crippen molar-refractivity contribution in [3.63, 3.8) is 0 Å². The molecule has 0 atom stereocenters. The molecular formula is C15H14N2O2. The summed E-state index contributed by atoms with van der Waals surface area (Å²) in [5.74, 6) is 0.770. The van der Waals surface area contributed by atoms with Gasteiger partial charge in [0.2, 0.25) is 0 Å². The third-order valence-electron chi connectivity index (χ3n) is 3.24. The van der Waals surface area contributed by atoms with Crippen molar-refractivity contribution in [2.75, 3.05) is 13.7 Å². The molecule has 1 heterocycles. The van der Waals surface area contributed by atoms with Crippen molar-refractivity contribution in [1.29, 1.82) is 0 Å². The largest absolute Gasteiger partial charge is 0.496 e. The molecule has 1 aliphatic rings. The van der Waals surface area contributed by atoms with E-state index < -0.39 is 0 Å². The molecule has 2 N–H and O–H groups in total. The Morgan fingerprint density at radius 1 is 1.16 bits per heavy atom. The van der Waals surface area contributed by atoms with Crippen LogP contribution in [0, 0.1) is 0 Å². The van der Waals surface area contributed by atoms with E-state index in [1.54, 1.807) is 7.11 Å². The highest BCUT2D eigenvalue weighted by Crippen LogP contribution is 2.29. The second-order valence-electron chi connectivity index (χ2n) is 4.38. The van der Waals surface area contributed by atoms with Crippen LogP contribution in [0.5, 0.6) is 5.75 Å². The van der Waals surface area contributed by atoms with Crippen molar-refractivity contribution >= 4 is 22.8 Å². The number of amides is 1. The highest BCUT2D eigenvalue weighted by Gasteiger charge is 2.16. The zero-order valence-corrected chi connectivity index (χ0v) is 10.6. The predicted octanol–water partition coefficient (Wildman–Crippen LogP) is 1.87. The van der Waals surface area contributed by atoms with E-state index in [4.69, 9.17) is 4.74 Å². The van der Waals surface area contributed by atoms with Crippen LogP contribution in [0.4, 0.5) is 0 Å². The lowest BCUT2D eigenvalue weighted by atomic mass is 10.0. The minimum absolute atomic E-state index is 0.0695. The molecule has 96 valence electrons. The summed E-state index contributed by atoms with van der Waals surface area (Å²) in [5, 5.41) is 2.12. The van der Waals surface area contributed by atoms with Crippen molar-refractivity contribution in [3.05, 3.63) is 47.5 Å². The molecule has 1 fully saturated rings. The number of methoxy groups -OCH3 is 1. The Kier molecular flexibility index (Phi) is 2.93. The van der Waals surface area contributed by atoms with E-state index in [2.05, 4.69) is 10.9 Å². The molecule has 4 nitrogen and oxygen atoms in total. The van der Waals surface area contributed by atoms with Crippen LogP contribution >= 0.6 is 0 Å². The van der Waals surface area contributed by atoms with Crippen molar-refractivity contribution in [2.45, 2.75) is 0 Å². The number of hydrogen-bond donors (Lipinski definition) is 2. The lowest BCUT2D eigenvalue weighted by molar-refractivity contribution is -0.116. The van der Waals surface area contributed by atoms with E-state index >= 15 is 0 Å². The van der Waals surface area contributed by atoms with Gasteiger partial charge in [-0.3, -0.25) is 10.2 Å². The van der Waals surface area contributed by atoms with Gasteiger partial charge < -0.3 is 4.74 Å². The summed E-state index contributed by atoms with van der Waals surface area (Å²) < 4.78 is 5.36. The van der Waals surface area contributed by atoms with Crippen LogP contribution in [-0.4, -0.2) is 19.6 Å². The van der Waals surface area contributed by atoms with Crippen LogP contribution in [0.15, 0.2) is 42.0 Å². The molecule has 3 rings (SSSR count). The summed E-state index contributed by atoms with van der Waals surface area (Å²) in [7, 11) is 1.66. The molecular weight excluding hydrogens is 240 g/mol. The molecule has 2 aromatic rings. The minimum atomic E-state index is -0.0695. The van der Waals surface area contributed by atoms with Gasteiger partial charge in [-0.1, -0.05) is 30.3 Å². The first-order valence-corrected chi connectivity index (χ1v) is 6.09. The van der Waals surface area contributed by atoms with Crippen LogP contribution in [0.3, 0.4) is 0 Å². The number of hydrazine groups is 1. The van der Waals surface area contributed by atoms with Crippen LogP contribution in [-0.2, 0) is 4.79 Å². The maximum Gasteiger partial charge on any atom is 0.262 e. The number of rotatable bonds is 2. The van der Waals surface area contributed by atoms with Crippen molar-refractivity contribution in [1.82, 2.24) is 10.9 Å². The molecule has 0 radical (unpaired) electrons. The molecule has 4 heteroatoms. The maximum atomic E-state index is 11.6. The summed E-state index contributed by atoms with van der Waals surface area (Å²) in [5.41, 5.74) is 7.15. The molecule has 2 aromatic carbocycles. The zero-order valence-electron chi connectivity index (χ0n) is 10.6. The zero-order chi connectivity index (χ0) is 13.2. The van der Waals surface area contributed by atoms with Gasteiger partial charge in [0, 0.05) is 17.5 Å². The third-order valence-corrected chi connectivity index (χ3v) is 3.24. The fraction of sp³-hybridized carbons (Fsp3) is 0.133. The predicted molar refractivity (Wildman–Crippen MR) is 74.6 cm³/mol. The molecule has 0 spiro atoms. The van der Waals surface area contributed by atoms with E-state index in [-0.39, 0.29) is 5.91 Å². The first-order valence-electron chi connectivity index (χ1n) is 6.09. The Labute approximate surface area is 111 Å². The number of ether oxygens (including phenoxy) is 1. The summed E-state index contributed by atoms with van der Waals surface area (Å²) in [6.07, 6.45) is 1.91. The molecule has 1 aliphatic heterocycles. The maximum absolute atomic E-state index is 11.6. The lowest BCUT2D eigenvalue weighted by Crippen LogP contribution is -2.25. The Balaban J connectivity index is 2.17. The molecule has 0 bridgehead atoms. The Morgan fingerprint density at radius 2 is 1.95 bits per heavy atom. The molecule has 0 unspecified atom stereocenters.